The van der Waals surface area contributed by atoms with Gasteiger partial charge in [-0.25, -0.2) is 0 Å². The summed E-state index contributed by atoms with van der Waals surface area (Å²) < 4.78 is 5.21. The van der Waals surface area contributed by atoms with Crippen molar-refractivity contribution >= 4 is 5.91 Å². The fourth-order valence-corrected chi connectivity index (χ4v) is 2.46. The van der Waals surface area contributed by atoms with Crippen molar-refractivity contribution in [3.8, 4) is 0 Å². The van der Waals surface area contributed by atoms with E-state index in [0.29, 0.717) is 5.69 Å². The Balaban J connectivity index is 1.50. The van der Waals surface area contributed by atoms with E-state index in [1.165, 1.54) is 19.3 Å². The number of aromatic nitrogens is 1. The number of nitrogens with zero attached hydrogens (tertiary/aromatic N) is 2. The zero-order valence-corrected chi connectivity index (χ0v) is 11.4. The fraction of sp³-hybridized carbons (Fsp3) is 0.714. The lowest BCUT2D eigenvalue weighted by molar-refractivity contribution is 0.0928. The van der Waals surface area contributed by atoms with E-state index in [1.807, 2.05) is 0 Å². The average Bonchev–Trinajstić information content (AvgIpc) is 2.99. The predicted octanol–water partition coefficient (Wildman–Crippen LogP) is 1.80. The van der Waals surface area contributed by atoms with Crippen LogP contribution in [0.1, 0.15) is 48.9 Å². The molecule has 1 atom stereocenters. The molecule has 1 aliphatic heterocycles. The largest absolute Gasteiger partial charge is 0.359 e. The molecule has 1 amide bonds. The van der Waals surface area contributed by atoms with E-state index in [2.05, 4.69) is 22.3 Å². The topological polar surface area (TPSA) is 58.4 Å². The molecule has 0 radical (unpaired) electrons. The Morgan fingerprint density at radius 1 is 1.58 bits per heavy atom. The molecule has 2 aliphatic rings. The summed E-state index contributed by atoms with van der Waals surface area (Å²) in [7, 11) is 0. The van der Waals surface area contributed by atoms with Crippen LogP contribution in [0.5, 0.6) is 0 Å². The maximum absolute atomic E-state index is 12.0. The predicted molar refractivity (Wildman–Crippen MR) is 70.7 cm³/mol. The smallest absolute Gasteiger partial charge is 0.273 e. The van der Waals surface area contributed by atoms with Crippen LogP contribution in [-0.4, -0.2) is 35.1 Å². The molecule has 5 heteroatoms. The van der Waals surface area contributed by atoms with Gasteiger partial charge in [-0.3, -0.25) is 9.69 Å². The summed E-state index contributed by atoms with van der Waals surface area (Å²) in [4.78, 5) is 14.3. The Labute approximate surface area is 113 Å². The van der Waals surface area contributed by atoms with E-state index in [1.54, 1.807) is 6.07 Å². The quantitative estimate of drug-likeness (QED) is 0.850. The zero-order chi connectivity index (χ0) is 13.2. The first kappa shape index (κ1) is 12.7. The number of carbonyl (C=O) groups excluding carboxylic acids is 1. The van der Waals surface area contributed by atoms with Crippen molar-refractivity contribution in [1.82, 2.24) is 15.4 Å². The maximum atomic E-state index is 12.0. The summed E-state index contributed by atoms with van der Waals surface area (Å²) in [6.45, 7) is 5.04. The molecule has 5 nitrogen and oxygen atoms in total. The average molecular weight is 263 g/mol. The Morgan fingerprint density at radius 3 is 3.00 bits per heavy atom. The minimum absolute atomic E-state index is 0.119. The number of nitrogens with one attached hydrogen (secondary N) is 1. The Hall–Kier alpha value is -1.36. The first-order valence-corrected chi connectivity index (χ1v) is 7.19. The number of carbonyl (C=O) groups is 1. The first-order chi connectivity index (χ1) is 9.20. The molecule has 1 aromatic heterocycles. The van der Waals surface area contributed by atoms with E-state index < -0.39 is 0 Å². The number of amides is 1. The Bertz CT molecular complexity index is 449. The van der Waals surface area contributed by atoms with E-state index in [0.717, 1.165) is 37.7 Å². The molecule has 1 aromatic rings. The highest BCUT2D eigenvalue weighted by atomic mass is 16.5. The van der Waals surface area contributed by atoms with Gasteiger partial charge >= 0.3 is 0 Å². The Kier molecular flexibility index (Phi) is 3.55. The van der Waals surface area contributed by atoms with Gasteiger partial charge in [-0.05, 0) is 38.8 Å². The summed E-state index contributed by atoms with van der Waals surface area (Å²) in [5.41, 5.74) is 0.401. The van der Waals surface area contributed by atoms with Crippen LogP contribution in [-0.2, 0) is 6.54 Å². The second kappa shape index (κ2) is 5.33. The molecule has 0 unspecified atom stereocenters. The summed E-state index contributed by atoms with van der Waals surface area (Å²) in [5.74, 6) is 1.47. The number of rotatable bonds is 6. The molecule has 0 aromatic carbocycles. The number of hydrogen-bond donors (Lipinski definition) is 1. The standard InChI is InChI=1S/C14H21N3O2/c1-10(7-11-3-4-11)15-14(18)13-8-12(19-16-13)9-17-5-2-6-17/h8,10-11H,2-7,9H2,1H3,(H,15,18)/t10-/m1/s1. The lowest BCUT2D eigenvalue weighted by Crippen LogP contribution is -2.36. The second-order valence-corrected chi connectivity index (χ2v) is 5.86. The lowest BCUT2D eigenvalue weighted by atomic mass is 10.1. The van der Waals surface area contributed by atoms with Gasteiger partial charge in [0, 0.05) is 12.1 Å². The highest BCUT2D eigenvalue weighted by molar-refractivity contribution is 5.92. The molecule has 104 valence electrons. The van der Waals surface area contributed by atoms with Crippen LogP contribution in [0.3, 0.4) is 0 Å². The molecule has 2 fully saturated rings. The van der Waals surface area contributed by atoms with Crippen molar-refractivity contribution in [3.63, 3.8) is 0 Å². The Morgan fingerprint density at radius 2 is 2.37 bits per heavy atom. The van der Waals surface area contributed by atoms with Gasteiger partial charge < -0.3 is 9.84 Å². The highest BCUT2D eigenvalue weighted by Gasteiger charge is 2.25. The van der Waals surface area contributed by atoms with E-state index in [4.69, 9.17) is 4.52 Å². The van der Waals surface area contributed by atoms with Crippen molar-refractivity contribution < 1.29 is 9.32 Å². The normalized spacial score (nSPS) is 20.9. The van der Waals surface area contributed by atoms with Crippen molar-refractivity contribution in [3.05, 3.63) is 17.5 Å². The molecule has 3 rings (SSSR count). The van der Waals surface area contributed by atoms with Crippen molar-refractivity contribution in [2.24, 2.45) is 5.92 Å². The summed E-state index contributed by atoms with van der Waals surface area (Å²) >= 11 is 0. The minimum atomic E-state index is -0.119. The molecule has 1 aliphatic carbocycles. The molecule has 1 saturated heterocycles. The summed E-state index contributed by atoms with van der Waals surface area (Å²) in [6.07, 6.45) is 4.94. The first-order valence-electron chi connectivity index (χ1n) is 7.19. The van der Waals surface area contributed by atoms with Gasteiger partial charge in [0.1, 0.15) is 0 Å². The van der Waals surface area contributed by atoms with Crippen LogP contribution in [0.2, 0.25) is 0 Å². The van der Waals surface area contributed by atoms with Crippen LogP contribution >= 0.6 is 0 Å². The molecule has 19 heavy (non-hydrogen) atoms. The summed E-state index contributed by atoms with van der Waals surface area (Å²) in [5, 5.41) is 6.85. The maximum Gasteiger partial charge on any atom is 0.273 e. The van der Waals surface area contributed by atoms with Crippen LogP contribution < -0.4 is 5.32 Å². The monoisotopic (exact) mass is 263 g/mol. The lowest BCUT2D eigenvalue weighted by Gasteiger charge is -2.29. The van der Waals surface area contributed by atoms with Crippen LogP contribution in [0, 0.1) is 5.92 Å². The summed E-state index contributed by atoms with van der Waals surface area (Å²) in [6, 6.07) is 1.98. The van der Waals surface area contributed by atoms with E-state index in [9.17, 15) is 4.79 Å². The van der Waals surface area contributed by atoms with Crippen molar-refractivity contribution in [2.45, 2.75) is 45.2 Å². The van der Waals surface area contributed by atoms with E-state index in [-0.39, 0.29) is 11.9 Å². The van der Waals surface area contributed by atoms with Gasteiger partial charge in [0.05, 0.1) is 6.54 Å². The SMILES string of the molecule is C[C@H](CC1CC1)NC(=O)c1cc(CN2CCC2)on1. The molecule has 1 saturated carbocycles. The molecule has 2 heterocycles. The zero-order valence-electron chi connectivity index (χ0n) is 11.4. The van der Waals surface area contributed by atoms with Gasteiger partial charge in [0.25, 0.3) is 5.91 Å². The second-order valence-electron chi connectivity index (χ2n) is 5.86. The minimum Gasteiger partial charge on any atom is -0.359 e. The van der Waals surface area contributed by atoms with Gasteiger partial charge in [-0.1, -0.05) is 18.0 Å². The van der Waals surface area contributed by atoms with Crippen molar-refractivity contribution in [1.29, 1.82) is 0 Å². The highest BCUT2D eigenvalue weighted by Crippen LogP contribution is 2.33. The van der Waals surface area contributed by atoms with Gasteiger partial charge in [-0.2, -0.15) is 0 Å². The van der Waals surface area contributed by atoms with Crippen LogP contribution in [0.4, 0.5) is 0 Å². The van der Waals surface area contributed by atoms with Gasteiger partial charge in [0.15, 0.2) is 11.5 Å². The number of hydrogen-bond acceptors (Lipinski definition) is 4. The van der Waals surface area contributed by atoms with Gasteiger partial charge in [0.2, 0.25) is 0 Å². The third kappa shape index (κ3) is 3.35. The fourth-order valence-electron chi connectivity index (χ4n) is 2.46. The third-order valence-corrected chi connectivity index (χ3v) is 3.88. The van der Waals surface area contributed by atoms with Crippen molar-refractivity contribution in [2.75, 3.05) is 13.1 Å². The molecular weight excluding hydrogens is 242 g/mol. The molecular formula is C14H21N3O2. The molecule has 1 N–H and O–H groups in total. The van der Waals surface area contributed by atoms with Crippen LogP contribution in [0.25, 0.3) is 0 Å². The third-order valence-electron chi connectivity index (χ3n) is 3.88. The molecule has 0 spiro atoms. The number of likely N-dealkylation sites (tertiary alicyclic amines) is 1. The van der Waals surface area contributed by atoms with Gasteiger partial charge in [-0.15, -0.1) is 0 Å². The van der Waals surface area contributed by atoms with E-state index >= 15 is 0 Å². The molecule has 0 bridgehead atoms. The van der Waals surface area contributed by atoms with Crippen LogP contribution in [0.15, 0.2) is 10.6 Å².